The van der Waals surface area contributed by atoms with E-state index in [0.717, 1.165) is 16.9 Å². The quantitative estimate of drug-likeness (QED) is 0.754. The molecule has 2 amide bonds. The number of urea groups is 1. The van der Waals surface area contributed by atoms with Crippen molar-refractivity contribution in [1.82, 2.24) is 15.5 Å². The van der Waals surface area contributed by atoms with E-state index in [9.17, 15) is 9.59 Å². The number of carbonyl (C=O) groups is 2. The van der Waals surface area contributed by atoms with Gasteiger partial charge in [-0.15, -0.1) is 10.2 Å². The number of carboxylic acids is 1. The molecule has 1 aromatic heterocycles. The molecule has 7 nitrogen and oxygen atoms in total. The Kier molecular flexibility index (Phi) is 5.22. The molecule has 21 heavy (non-hydrogen) atoms. The molecule has 8 heteroatoms. The van der Waals surface area contributed by atoms with Gasteiger partial charge >= 0.3 is 12.0 Å². The first-order chi connectivity index (χ1) is 10.1. The van der Waals surface area contributed by atoms with Gasteiger partial charge in [0.05, 0.1) is 0 Å². The van der Waals surface area contributed by atoms with E-state index in [4.69, 9.17) is 5.11 Å². The summed E-state index contributed by atoms with van der Waals surface area (Å²) < 4.78 is 0. The Balaban J connectivity index is 1.87. The fraction of sp³-hybridized carbons (Fsp3) is 0.231. The van der Waals surface area contributed by atoms with E-state index in [1.54, 1.807) is 0 Å². The lowest BCUT2D eigenvalue weighted by Crippen LogP contribution is -2.43. The van der Waals surface area contributed by atoms with Crippen molar-refractivity contribution in [2.45, 2.75) is 18.9 Å². The minimum absolute atomic E-state index is 0.308. The molecule has 1 aromatic carbocycles. The van der Waals surface area contributed by atoms with Crippen molar-refractivity contribution in [2.24, 2.45) is 0 Å². The van der Waals surface area contributed by atoms with Crippen molar-refractivity contribution < 1.29 is 14.7 Å². The van der Waals surface area contributed by atoms with Crippen LogP contribution < -0.4 is 10.6 Å². The summed E-state index contributed by atoms with van der Waals surface area (Å²) in [5, 5.41) is 21.6. The van der Waals surface area contributed by atoms with Gasteiger partial charge in [-0.25, -0.2) is 9.59 Å². The fourth-order valence-electron chi connectivity index (χ4n) is 1.73. The number of aromatic nitrogens is 2. The van der Waals surface area contributed by atoms with Gasteiger partial charge in [0.1, 0.15) is 11.6 Å². The molecule has 0 aliphatic rings. The normalized spacial score (nSPS) is 11.6. The van der Waals surface area contributed by atoms with Crippen LogP contribution in [0.25, 0.3) is 0 Å². The molecule has 1 heterocycles. The van der Waals surface area contributed by atoms with Crippen LogP contribution in [0.15, 0.2) is 35.8 Å². The Morgan fingerprint density at radius 3 is 2.67 bits per heavy atom. The zero-order valence-electron chi connectivity index (χ0n) is 11.0. The molecule has 3 N–H and O–H groups in total. The number of benzene rings is 1. The number of nitrogens with zero attached hydrogens (tertiary/aromatic N) is 2. The topological polar surface area (TPSA) is 104 Å². The van der Waals surface area contributed by atoms with Gasteiger partial charge < -0.3 is 10.4 Å². The summed E-state index contributed by atoms with van der Waals surface area (Å²) in [6.07, 6.45) is 0.875. The Bertz CT molecular complexity index is 589. The summed E-state index contributed by atoms with van der Waals surface area (Å²) in [6, 6.07) is 7.94. The number of amides is 2. The zero-order valence-corrected chi connectivity index (χ0v) is 11.8. The van der Waals surface area contributed by atoms with Crippen molar-refractivity contribution in [1.29, 1.82) is 0 Å². The average molecular weight is 306 g/mol. The summed E-state index contributed by atoms with van der Waals surface area (Å²) in [4.78, 5) is 22.9. The van der Waals surface area contributed by atoms with Crippen LogP contribution in [0.2, 0.25) is 0 Å². The standard InChI is InChI=1S/C13H14N4O3S/c18-11(19)10(7-6-9-4-2-1-3-5-9)15-12(20)16-13-17-14-8-21-13/h1-5,8,10H,6-7H2,(H,18,19)(H2,15,16,17,20). The smallest absolute Gasteiger partial charge is 0.326 e. The largest absolute Gasteiger partial charge is 0.480 e. The van der Waals surface area contributed by atoms with Gasteiger partial charge in [-0.2, -0.15) is 0 Å². The van der Waals surface area contributed by atoms with Gasteiger partial charge in [0.2, 0.25) is 5.13 Å². The van der Waals surface area contributed by atoms with Crippen LogP contribution in [0.3, 0.4) is 0 Å². The van der Waals surface area contributed by atoms with E-state index in [0.29, 0.717) is 18.0 Å². The Morgan fingerprint density at radius 1 is 1.29 bits per heavy atom. The van der Waals surface area contributed by atoms with E-state index in [2.05, 4.69) is 20.8 Å². The molecule has 110 valence electrons. The molecule has 0 radical (unpaired) electrons. The molecule has 0 saturated carbocycles. The second-order valence-electron chi connectivity index (χ2n) is 4.26. The van der Waals surface area contributed by atoms with Crippen molar-refractivity contribution in [3.05, 3.63) is 41.4 Å². The molecule has 0 fully saturated rings. The molecule has 0 aliphatic heterocycles. The van der Waals surface area contributed by atoms with Gasteiger partial charge in [-0.1, -0.05) is 41.7 Å². The van der Waals surface area contributed by atoms with Crippen molar-refractivity contribution in [2.75, 3.05) is 5.32 Å². The second-order valence-corrected chi connectivity index (χ2v) is 5.09. The molecule has 1 unspecified atom stereocenters. The number of anilines is 1. The molecule has 1 atom stereocenters. The Morgan fingerprint density at radius 2 is 2.05 bits per heavy atom. The maximum absolute atomic E-state index is 11.7. The van der Waals surface area contributed by atoms with E-state index in [1.165, 1.54) is 5.51 Å². The second kappa shape index (κ2) is 7.34. The van der Waals surface area contributed by atoms with E-state index < -0.39 is 18.0 Å². The van der Waals surface area contributed by atoms with Gasteiger partial charge in [-0.05, 0) is 18.4 Å². The van der Waals surface area contributed by atoms with Crippen LogP contribution in [0.4, 0.5) is 9.93 Å². The minimum Gasteiger partial charge on any atom is -0.480 e. The lowest BCUT2D eigenvalue weighted by Gasteiger charge is -2.14. The summed E-state index contributed by atoms with van der Waals surface area (Å²) >= 11 is 1.16. The number of rotatable bonds is 6. The van der Waals surface area contributed by atoms with Gasteiger partial charge in [-0.3, -0.25) is 5.32 Å². The first-order valence-corrected chi connectivity index (χ1v) is 7.13. The summed E-state index contributed by atoms with van der Waals surface area (Å²) in [6.45, 7) is 0. The predicted molar refractivity (Wildman–Crippen MR) is 78.3 cm³/mol. The number of hydrogen-bond donors (Lipinski definition) is 3. The maximum Gasteiger partial charge on any atom is 0.326 e. The number of aryl methyl sites for hydroxylation is 1. The summed E-state index contributed by atoms with van der Waals surface area (Å²) in [7, 11) is 0. The molecule has 2 rings (SSSR count). The third-order valence-electron chi connectivity index (χ3n) is 2.75. The Hall–Kier alpha value is -2.48. The van der Waals surface area contributed by atoms with Crippen LogP contribution in [-0.4, -0.2) is 33.3 Å². The summed E-state index contributed by atoms with van der Waals surface area (Å²) in [5.41, 5.74) is 2.50. The SMILES string of the molecule is O=C(Nc1nncs1)NC(CCc1ccccc1)C(=O)O. The van der Waals surface area contributed by atoms with Crippen molar-refractivity contribution >= 4 is 28.5 Å². The van der Waals surface area contributed by atoms with Crippen LogP contribution >= 0.6 is 11.3 Å². The van der Waals surface area contributed by atoms with Gasteiger partial charge in [0.25, 0.3) is 0 Å². The highest BCUT2D eigenvalue weighted by atomic mass is 32.1. The number of aliphatic carboxylic acids is 1. The third kappa shape index (κ3) is 4.84. The first-order valence-electron chi connectivity index (χ1n) is 6.25. The molecule has 0 saturated heterocycles. The van der Waals surface area contributed by atoms with E-state index in [-0.39, 0.29) is 0 Å². The van der Waals surface area contributed by atoms with Gasteiger partial charge in [0, 0.05) is 0 Å². The molecule has 0 aliphatic carbocycles. The van der Waals surface area contributed by atoms with Crippen LogP contribution in [0, 0.1) is 0 Å². The molecule has 2 aromatic rings. The van der Waals surface area contributed by atoms with Crippen LogP contribution in [0.1, 0.15) is 12.0 Å². The van der Waals surface area contributed by atoms with Crippen LogP contribution in [-0.2, 0) is 11.2 Å². The highest BCUT2D eigenvalue weighted by molar-refractivity contribution is 7.13. The highest BCUT2D eigenvalue weighted by Crippen LogP contribution is 2.08. The van der Waals surface area contributed by atoms with Crippen molar-refractivity contribution in [3.8, 4) is 0 Å². The van der Waals surface area contributed by atoms with Gasteiger partial charge in [0.15, 0.2) is 0 Å². The summed E-state index contributed by atoms with van der Waals surface area (Å²) in [5.74, 6) is -1.07. The predicted octanol–water partition coefficient (Wildman–Crippen LogP) is 1.75. The molecule has 0 spiro atoms. The van der Waals surface area contributed by atoms with E-state index in [1.807, 2.05) is 30.3 Å². The van der Waals surface area contributed by atoms with Crippen LogP contribution in [0.5, 0.6) is 0 Å². The molecular formula is C13H14N4O3S. The fourth-order valence-corrected chi connectivity index (χ4v) is 2.17. The average Bonchev–Trinajstić information content (AvgIpc) is 2.97. The number of hydrogen-bond acceptors (Lipinski definition) is 5. The third-order valence-corrected chi connectivity index (χ3v) is 3.36. The maximum atomic E-state index is 11.7. The molecule has 0 bridgehead atoms. The Labute approximate surface area is 125 Å². The highest BCUT2D eigenvalue weighted by Gasteiger charge is 2.20. The monoisotopic (exact) mass is 306 g/mol. The number of carbonyl (C=O) groups excluding carboxylic acids is 1. The minimum atomic E-state index is -1.07. The number of nitrogens with one attached hydrogen (secondary N) is 2. The van der Waals surface area contributed by atoms with Crippen molar-refractivity contribution in [3.63, 3.8) is 0 Å². The number of carboxylic acid groups (broad SMARTS) is 1. The lowest BCUT2D eigenvalue weighted by molar-refractivity contribution is -0.139. The lowest BCUT2D eigenvalue weighted by atomic mass is 10.1. The molecular weight excluding hydrogens is 292 g/mol. The van der Waals surface area contributed by atoms with E-state index >= 15 is 0 Å². The first kappa shape index (κ1) is 14.9. The zero-order chi connectivity index (χ0) is 15.1.